The summed E-state index contributed by atoms with van der Waals surface area (Å²) in [4.78, 5) is 15.5. The Balaban J connectivity index is 2.38. The van der Waals surface area contributed by atoms with Gasteiger partial charge in [0.25, 0.3) is 0 Å². The summed E-state index contributed by atoms with van der Waals surface area (Å²) in [7, 11) is 0. The van der Waals surface area contributed by atoms with Crippen LogP contribution in [0, 0.1) is 5.92 Å². The largest absolute Gasteiger partial charge is 0.346 e. The van der Waals surface area contributed by atoms with Gasteiger partial charge in [-0.15, -0.1) is 0 Å². The van der Waals surface area contributed by atoms with E-state index in [2.05, 4.69) is 20.5 Å². The molecular formula is C9H17N5O. The minimum atomic E-state index is -0.148. The van der Waals surface area contributed by atoms with Gasteiger partial charge in [0.05, 0.1) is 6.04 Å². The Hall–Kier alpha value is -1.43. The maximum atomic E-state index is 11.5. The standard InChI is InChI=1S/C9H17N5O/c1-6(4-10)3-8(15)13-7(2)9-11-5-12-14-9/h5-7H,3-4,10H2,1-2H3,(H,13,15)(H,11,12,14). The first-order valence-corrected chi connectivity index (χ1v) is 4.98. The summed E-state index contributed by atoms with van der Waals surface area (Å²) in [6.45, 7) is 4.31. The van der Waals surface area contributed by atoms with Gasteiger partial charge in [-0.3, -0.25) is 9.89 Å². The van der Waals surface area contributed by atoms with E-state index in [0.29, 0.717) is 18.8 Å². The van der Waals surface area contributed by atoms with Crippen LogP contribution in [0.5, 0.6) is 0 Å². The normalized spacial score (nSPS) is 14.6. The molecule has 0 aliphatic carbocycles. The minimum absolute atomic E-state index is 0.0168. The van der Waals surface area contributed by atoms with Crippen LogP contribution in [0.3, 0.4) is 0 Å². The maximum Gasteiger partial charge on any atom is 0.220 e. The lowest BCUT2D eigenvalue weighted by molar-refractivity contribution is -0.122. The molecule has 0 aliphatic rings. The Labute approximate surface area is 88.7 Å². The molecule has 6 nitrogen and oxygen atoms in total. The van der Waals surface area contributed by atoms with Gasteiger partial charge < -0.3 is 11.1 Å². The van der Waals surface area contributed by atoms with Crippen molar-refractivity contribution in [3.63, 3.8) is 0 Å². The molecule has 0 fully saturated rings. The van der Waals surface area contributed by atoms with Crippen molar-refractivity contribution < 1.29 is 4.79 Å². The molecule has 84 valence electrons. The number of aromatic nitrogens is 3. The summed E-state index contributed by atoms with van der Waals surface area (Å²) >= 11 is 0. The van der Waals surface area contributed by atoms with Crippen LogP contribution >= 0.6 is 0 Å². The third kappa shape index (κ3) is 3.67. The Morgan fingerprint density at radius 3 is 2.93 bits per heavy atom. The molecule has 0 spiro atoms. The second kappa shape index (κ2) is 5.45. The van der Waals surface area contributed by atoms with Gasteiger partial charge in [0.1, 0.15) is 12.2 Å². The van der Waals surface area contributed by atoms with Crippen molar-refractivity contribution >= 4 is 5.91 Å². The molecule has 1 aromatic rings. The van der Waals surface area contributed by atoms with Crippen LogP contribution in [-0.2, 0) is 4.79 Å². The van der Waals surface area contributed by atoms with E-state index in [1.165, 1.54) is 6.33 Å². The molecule has 6 heteroatoms. The van der Waals surface area contributed by atoms with E-state index in [-0.39, 0.29) is 17.9 Å². The van der Waals surface area contributed by atoms with E-state index in [4.69, 9.17) is 5.73 Å². The smallest absolute Gasteiger partial charge is 0.220 e. The van der Waals surface area contributed by atoms with Crippen molar-refractivity contribution in [3.05, 3.63) is 12.2 Å². The topological polar surface area (TPSA) is 96.7 Å². The van der Waals surface area contributed by atoms with Gasteiger partial charge >= 0.3 is 0 Å². The monoisotopic (exact) mass is 211 g/mol. The second-order valence-electron chi connectivity index (χ2n) is 3.70. The summed E-state index contributed by atoms with van der Waals surface area (Å²) in [5, 5.41) is 9.25. The number of hydrogen-bond acceptors (Lipinski definition) is 4. The van der Waals surface area contributed by atoms with E-state index < -0.39 is 0 Å². The zero-order chi connectivity index (χ0) is 11.3. The van der Waals surface area contributed by atoms with Gasteiger partial charge in [-0.25, -0.2) is 4.98 Å². The van der Waals surface area contributed by atoms with Crippen LogP contribution in [-0.4, -0.2) is 27.6 Å². The molecule has 1 rings (SSSR count). The zero-order valence-electron chi connectivity index (χ0n) is 9.03. The lowest BCUT2D eigenvalue weighted by atomic mass is 10.1. The molecule has 0 bridgehead atoms. The molecule has 1 heterocycles. The highest BCUT2D eigenvalue weighted by molar-refractivity contribution is 5.76. The van der Waals surface area contributed by atoms with E-state index in [9.17, 15) is 4.79 Å². The molecular weight excluding hydrogens is 194 g/mol. The number of carbonyl (C=O) groups excluding carboxylic acids is 1. The Morgan fingerprint density at radius 1 is 1.67 bits per heavy atom. The highest BCUT2D eigenvalue weighted by Crippen LogP contribution is 2.06. The average molecular weight is 211 g/mol. The van der Waals surface area contributed by atoms with Crippen molar-refractivity contribution in [2.75, 3.05) is 6.54 Å². The number of carbonyl (C=O) groups is 1. The third-order valence-corrected chi connectivity index (χ3v) is 2.16. The summed E-state index contributed by atoms with van der Waals surface area (Å²) in [5.41, 5.74) is 5.44. The highest BCUT2D eigenvalue weighted by atomic mass is 16.1. The number of nitrogens with two attached hydrogens (primary N) is 1. The number of amides is 1. The number of nitrogens with zero attached hydrogens (tertiary/aromatic N) is 2. The van der Waals surface area contributed by atoms with Crippen molar-refractivity contribution in [1.82, 2.24) is 20.5 Å². The quantitative estimate of drug-likeness (QED) is 0.637. The Kier molecular flexibility index (Phi) is 4.23. The molecule has 1 amide bonds. The van der Waals surface area contributed by atoms with Crippen molar-refractivity contribution in [1.29, 1.82) is 0 Å². The molecule has 15 heavy (non-hydrogen) atoms. The first-order chi connectivity index (χ1) is 7.13. The fourth-order valence-corrected chi connectivity index (χ4v) is 1.19. The lowest BCUT2D eigenvalue weighted by Gasteiger charge is -2.13. The van der Waals surface area contributed by atoms with Gasteiger partial charge in [-0.1, -0.05) is 6.92 Å². The van der Waals surface area contributed by atoms with Crippen LogP contribution in [0.4, 0.5) is 0 Å². The third-order valence-electron chi connectivity index (χ3n) is 2.16. The van der Waals surface area contributed by atoms with Crippen LogP contribution in [0.2, 0.25) is 0 Å². The fourth-order valence-electron chi connectivity index (χ4n) is 1.19. The molecule has 0 radical (unpaired) electrons. The summed E-state index contributed by atoms with van der Waals surface area (Å²) < 4.78 is 0. The average Bonchev–Trinajstić information content (AvgIpc) is 2.70. The molecule has 2 atom stereocenters. The maximum absolute atomic E-state index is 11.5. The van der Waals surface area contributed by atoms with Gasteiger partial charge in [-0.05, 0) is 19.4 Å². The summed E-state index contributed by atoms with van der Waals surface area (Å²) in [5.74, 6) is 0.840. The SMILES string of the molecule is CC(CN)CC(=O)NC(C)c1ncn[nH]1. The molecule has 0 saturated heterocycles. The molecule has 4 N–H and O–H groups in total. The van der Waals surface area contributed by atoms with Crippen molar-refractivity contribution in [2.24, 2.45) is 11.7 Å². The zero-order valence-corrected chi connectivity index (χ0v) is 9.03. The second-order valence-corrected chi connectivity index (χ2v) is 3.70. The van der Waals surface area contributed by atoms with Crippen molar-refractivity contribution in [3.8, 4) is 0 Å². The van der Waals surface area contributed by atoms with Crippen molar-refractivity contribution in [2.45, 2.75) is 26.3 Å². The molecule has 0 aliphatic heterocycles. The van der Waals surface area contributed by atoms with E-state index in [1.54, 1.807) is 0 Å². The van der Waals surface area contributed by atoms with Crippen LogP contribution in [0.1, 0.15) is 32.1 Å². The van der Waals surface area contributed by atoms with Crippen LogP contribution in [0.25, 0.3) is 0 Å². The number of nitrogens with one attached hydrogen (secondary N) is 2. The van der Waals surface area contributed by atoms with Gasteiger partial charge in [0, 0.05) is 6.42 Å². The number of hydrogen-bond donors (Lipinski definition) is 3. The predicted octanol–water partition coefficient (Wildman–Crippen LogP) is -0.0332. The molecule has 2 unspecified atom stereocenters. The Bertz CT molecular complexity index is 297. The number of rotatable bonds is 5. The van der Waals surface area contributed by atoms with E-state index >= 15 is 0 Å². The fraction of sp³-hybridized carbons (Fsp3) is 0.667. The predicted molar refractivity (Wildman–Crippen MR) is 55.8 cm³/mol. The highest BCUT2D eigenvalue weighted by Gasteiger charge is 2.13. The minimum Gasteiger partial charge on any atom is -0.346 e. The van der Waals surface area contributed by atoms with E-state index in [1.807, 2.05) is 13.8 Å². The first-order valence-electron chi connectivity index (χ1n) is 4.98. The lowest BCUT2D eigenvalue weighted by Crippen LogP contribution is -2.30. The van der Waals surface area contributed by atoms with Crippen LogP contribution in [0.15, 0.2) is 6.33 Å². The van der Waals surface area contributed by atoms with Gasteiger partial charge in [-0.2, -0.15) is 5.10 Å². The molecule has 1 aromatic heterocycles. The number of H-pyrrole nitrogens is 1. The Morgan fingerprint density at radius 2 is 2.40 bits per heavy atom. The van der Waals surface area contributed by atoms with Crippen LogP contribution < -0.4 is 11.1 Å². The number of aromatic amines is 1. The summed E-state index contributed by atoms with van der Waals surface area (Å²) in [6, 6.07) is -0.148. The summed E-state index contributed by atoms with van der Waals surface area (Å²) in [6.07, 6.45) is 1.86. The first kappa shape index (κ1) is 11.6. The van der Waals surface area contributed by atoms with E-state index in [0.717, 1.165) is 0 Å². The molecule has 0 aromatic carbocycles. The van der Waals surface area contributed by atoms with Gasteiger partial charge in [0.2, 0.25) is 5.91 Å². The van der Waals surface area contributed by atoms with Gasteiger partial charge in [0.15, 0.2) is 0 Å². The molecule has 0 saturated carbocycles.